The first-order valence-corrected chi connectivity index (χ1v) is 10.7. The van der Waals surface area contributed by atoms with Crippen LogP contribution in [-0.4, -0.2) is 48.3 Å². The van der Waals surface area contributed by atoms with E-state index in [-0.39, 0.29) is 23.0 Å². The standard InChI is InChI=1S/C23H32N2O4/c1-22(2)12-10-18(28-22)20(26)24-14-7-15-25(17-9-6-5-8-16(17)24)21(27)19-11-13-23(3,4)29-19/h5-6,8-9,18-19H,7,10-15H2,1-4H3. The van der Waals surface area contributed by atoms with Gasteiger partial charge < -0.3 is 19.3 Å². The summed E-state index contributed by atoms with van der Waals surface area (Å²) >= 11 is 0. The van der Waals surface area contributed by atoms with Gasteiger partial charge in [0, 0.05) is 13.1 Å². The molecule has 3 heterocycles. The van der Waals surface area contributed by atoms with E-state index in [2.05, 4.69) is 0 Å². The first kappa shape index (κ1) is 20.4. The van der Waals surface area contributed by atoms with Gasteiger partial charge in [-0.2, -0.15) is 0 Å². The summed E-state index contributed by atoms with van der Waals surface area (Å²) in [7, 11) is 0. The highest BCUT2D eigenvalue weighted by Gasteiger charge is 2.42. The lowest BCUT2D eigenvalue weighted by Gasteiger charge is -2.29. The minimum Gasteiger partial charge on any atom is -0.362 e. The van der Waals surface area contributed by atoms with E-state index < -0.39 is 12.2 Å². The van der Waals surface area contributed by atoms with Crippen LogP contribution in [0.5, 0.6) is 0 Å². The van der Waals surface area contributed by atoms with Crippen molar-refractivity contribution in [2.45, 2.75) is 83.2 Å². The molecule has 1 aromatic rings. The minimum absolute atomic E-state index is 0.00410. The van der Waals surface area contributed by atoms with Crippen molar-refractivity contribution in [1.82, 2.24) is 0 Å². The van der Waals surface area contributed by atoms with Gasteiger partial charge in [0.05, 0.1) is 22.6 Å². The van der Waals surface area contributed by atoms with E-state index in [0.29, 0.717) is 13.1 Å². The highest BCUT2D eigenvalue weighted by Crippen LogP contribution is 2.38. The smallest absolute Gasteiger partial charge is 0.256 e. The number of para-hydroxylation sites is 2. The van der Waals surface area contributed by atoms with Gasteiger partial charge in [0.15, 0.2) is 0 Å². The lowest BCUT2D eigenvalue weighted by Crippen LogP contribution is -2.41. The Hall–Kier alpha value is -1.92. The Morgan fingerprint density at radius 1 is 0.828 bits per heavy atom. The van der Waals surface area contributed by atoms with E-state index in [0.717, 1.165) is 43.5 Å². The predicted octanol–water partition coefficient (Wildman–Crippen LogP) is 3.67. The molecule has 0 aliphatic carbocycles. The summed E-state index contributed by atoms with van der Waals surface area (Å²) < 4.78 is 12.0. The zero-order chi connectivity index (χ0) is 20.8. The Morgan fingerprint density at radius 3 is 1.59 bits per heavy atom. The molecule has 2 fully saturated rings. The largest absolute Gasteiger partial charge is 0.362 e. The average molecular weight is 401 g/mol. The Morgan fingerprint density at radius 2 is 1.24 bits per heavy atom. The molecule has 6 nitrogen and oxygen atoms in total. The number of fused-ring (bicyclic) bond motifs is 1. The summed E-state index contributed by atoms with van der Waals surface area (Å²) in [6, 6.07) is 7.69. The van der Waals surface area contributed by atoms with Gasteiger partial charge in [0.25, 0.3) is 11.8 Å². The normalized spacial score (nSPS) is 28.1. The topological polar surface area (TPSA) is 59.1 Å². The van der Waals surface area contributed by atoms with Crippen LogP contribution in [0.25, 0.3) is 0 Å². The van der Waals surface area contributed by atoms with E-state index in [9.17, 15) is 9.59 Å². The molecule has 29 heavy (non-hydrogen) atoms. The van der Waals surface area contributed by atoms with E-state index in [1.165, 1.54) is 0 Å². The van der Waals surface area contributed by atoms with Crippen molar-refractivity contribution < 1.29 is 19.1 Å². The summed E-state index contributed by atoms with van der Waals surface area (Å²) in [6.45, 7) is 9.27. The molecule has 0 aromatic heterocycles. The van der Waals surface area contributed by atoms with Gasteiger partial charge >= 0.3 is 0 Å². The SMILES string of the molecule is CC1(C)CCC(C(=O)N2CCCN(C(=O)C3CCC(C)(C)O3)c3ccccc32)O1. The lowest BCUT2D eigenvalue weighted by atomic mass is 10.0. The first-order chi connectivity index (χ1) is 13.7. The predicted molar refractivity (Wildman–Crippen MR) is 112 cm³/mol. The molecule has 2 saturated heterocycles. The van der Waals surface area contributed by atoms with E-state index in [1.807, 2.05) is 61.8 Å². The van der Waals surface area contributed by atoms with Crippen LogP contribution in [0.2, 0.25) is 0 Å². The van der Waals surface area contributed by atoms with Gasteiger partial charge in [-0.3, -0.25) is 9.59 Å². The van der Waals surface area contributed by atoms with Crippen molar-refractivity contribution in [2.24, 2.45) is 0 Å². The zero-order valence-electron chi connectivity index (χ0n) is 17.9. The summed E-state index contributed by atoms with van der Waals surface area (Å²) in [5, 5.41) is 0. The molecule has 2 atom stereocenters. The van der Waals surface area contributed by atoms with Crippen LogP contribution in [0, 0.1) is 0 Å². The quantitative estimate of drug-likeness (QED) is 0.760. The Bertz CT molecular complexity index is 739. The molecule has 3 aliphatic heterocycles. The molecule has 0 N–H and O–H groups in total. The van der Waals surface area contributed by atoms with Crippen molar-refractivity contribution in [3.8, 4) is 0 Å². The number of carbonyl (C=O) groups is 2. The van der Waals surface area contributed by atoms with Gasteiger partial charge in [-0.15, -0.1) is 0 Å². The van der Waals surface area contributed by atoms with Crippen molar-refractivity contribution in [2.75, 3.05) is 22.9 Å². The second-order valence-corrected chi connectivity index (χ2v) is 9.63. The molecule has 6 heteroatoms. The van der Waals surface area contributed by atoms with Crippen LogP contribution in [0.3, 0.4) is 0 Å². The van der Waals surface area contributed by atoms with Crippen LogP contribution in [0.15, 0.2) is 24.3 Å². The molecule has 2 amide bonds. The van der Waals surface area contributed by atoms with Gasteiger partial charge in [0.1, 0.15) is 12.2 Å². The molecule has 158 valence electrons. The minimum atomic E-state index is -0.417. The Kier molecular flexibility index (Phi) is 5.20. The average Bonchev–Trinajstić information content (AvgIpc) is 3.15. The molecular formula is C23H32N2O4. The second kappa shape index (κ2) is 7.40. The number of hydrogen-bond acceptors (Lipinski definition) is 4. The van der Waals surface area contributed by atoms with Crippen molar-refractivity contribution in [3.05, 3.63) is 24.3 Å². The van der Waals surface area contributed by atoms with Gasteiger partial charge in [-0.05, 0) is 71.9 Å². The van der Waals surface area contributed by atoms with Crippen molar-refractivity contribution in [3.63, 3.8) is 0 Å². The van der Waals surface area contributed by atoms with Gasteiger partial charge in [-0.1, -0.05) is 12.1 Å². The van der Waals surface area contributed by atoms with Crippen LogP contribution in [0.1, 0.15) is 59.8 Å². The molecule has 0 spiro atoms. The molecule has 0 saturated carbocycles. The maximum Gasteiger partial charge on any atom is 0.256 e. The summed E-state index contributed by atoms with van der Waals surface area (Å²) in [5.41, 5.74) is 1.04. The molecule has 1 aromatic carbocycles. The number of nitrogens with zero attached hydrogens (tertiary/aromatic N) is 2. The van der Waals surface area contributed by atoms with Crippen molar-refractivity contribution >= 4 is 23.2 Å². The fourth-order valence-electron chi connectivity index (χ4n) is 4.67. The fraction of sp³-hybridized carbons (Fsp3) is 0.652. The molecular weight excluding hydrogens is 368 g/mol. The zero-order valence-corrected chi connectivity index (χ0v) is 17.9. The third kappa shape index (κ3) is 4.05. The monoisotopic (exact) mass is 400 g/mol. The Labute approximate surface area is 173 Å². The van der Waals surface area contributed by atoms with E-state index >= 15 is 0 Å². The van der Waals surface area contributed by atoms with Crippen LogP contribution in [0.4, 0.5) is 11.4 Å². The maximum absolute atomic E-state index is 13.3. The third-order valence-electron chi connectivity index (χ3n) is 6.25. The molecule has 0 radical (unpaired) electrons. The van der Waals surface area contributed by atoms with E-state index in [1.54, 1.807) is 0 Å². The molecule has 2 unspecified atom stereocenters. The summed E-state index contributed by atoms with van der Waals surface area (Å²) in [4.78, 5) is 30.2. The molecule has 0 bridgehead atoms. The van der Waals surface area contributed by atoms with Crippen LogP contribution >= 0.6 is 0 Å². The molecule has 4 rings (SSSR count). The Balaban J connectivity index is 1.60. The summed E-state index contributed by atoms with van der Waals surface area (Å²) in [5.74, 6) is -0.00820. The number of amides is 2. The third-order valence-corrected chi connectivity index (χ3v) is 6.25. The highest BCUT2D eigenvalue weighted by molar-refractivity contribution is 6.05. The highest BCUT2D eigenvalue weighted by atomic mass is 16.5. The maximum atomic E-state index is 13.3. The second-order valence-electron chi connectivity index (χ2n) is 9.63. The number of carbonyl (C=O) groups excluding carboxylic acids is 2. The van der Waals surface area contributed by atoms with Gasteiger partial charge in [-0.25, -0.2) is 0 Å². The number of hydrogen-bond donors (Lipinski definition) is 0. The van der Waals surface area contributed by atoms with Crippen LogP contribution < -0.4 is 9.80 Å². The number of ether oxygens (including phenoxy) is 2. The fourth-order valence-corrected chi connectivity index (χ4v) is 4.67. The number of anilines is 2. The van der Waals surface area contributed by atoms with E-state index in [4.69, 9.17) is 9.47 Å². The van der Waals surface area contributed by atoms with Crippen molar-refractivity contribution in [1.29, 1.82) is 0 Å². The summed E-state index contributed by atoms with van der Waals surface area (Å²) in [6.07, 6.45) is 3.10. The van der Waals surface area contributed by atoms with Crippen LogP contribution in [-0.2, 0) is 19.1 Å². The van der Waals surface area contributed by atoms with Gasteiger partial charge in [0.2, 0.25) is 0 Å². The number of rotatable bonds is 2. The lowest BCUT2D eigenvalue weighted by molar-refractivity contribution is -0.133. The first-order valence-electron chi connectivity index (χ1n) is 10.7. The number of benzene rings is 1. The molecule has 3 aliphatic rings.